The van der Waals surface area contributed by atoms with Crippen LogP contribution in [-0.4, -0.2) is 18.5 Å². The normalized spacial score (nSPS) is 12.3. The van der Waals surface area contributed by atoms with E-state index in [2.05, 4.69) is 45.2 Å². The van der Waals surface area contributed by atoms with Gasteiger partial charge >= 0.3 is 0 Å². The van der Waals surface area contributed by atoms with Crippen molar-refractivity contribution in [2.24, 2.45) is 5.92 Å². The van der Waals surface area contributed by atoms with E-state index in [0.29, 0.717) is 12.3 Å². The number of anilines is 2. The zero-order valence-corrected chi connectivity index (χ0v) is 14.3. The van der Waals surface area contributed by atoms with Gasteiger partial charge in [0.1, 0.15) is 6.04 Å². The van der Waals surface area contributed by atoms with Crippen LogP contribution in [0.15, 0.2) is 22.7 Å². The first kappa shape index (κ1) is 17.3. The first-order valence-electron chi connectivity index (χ1n) is 6.68. The number of halogens is 2. The van der Waals surface area contributed by atoms with Gasteiger partial charge in [0.25, 0.3) is 0 Å². The Bertz CT molecular complexity index is 454. The van der Waals surface area contributed by atoms with Crippen LogP contribution >= 0.6 is 27.7 Å². The van der Waals surface area contributed by atoms with Gasteiger partial charge in [0.05, 0.1) is 11.4 Å². The second-order valence-electron chi connectivity index (χ2n) is 5.00. The Balaban J connectivity index is 2.85. The van der Waals surface area contributed by atoms with E-state index in [1.807, 2.05) is 25.1 Å². The van der Waals surface area contributed by atoms with Gasteiger partial charge in [-0.2, -0.15) is 0 Å². The maximum Gasteiger partial charge on any atom is 0.242 e. The van der Waals surface area contributed by atoms with Gasteiger partial charge < -0.3 is 10.6 Å². The minimum absolute atomic E-state index is 0.133. The van der Waals surface area contributed by atoms with Crippen molar-refractivity contribution < 1.29 is 4.79 Å². The lowest BCUT2D eigenvalue weighted by Crippen LogP contribution is -2.37. The summed E-state index contributed by atoms with van der Waals surface area (Å²) >= 11 is 9.08. The molecule has 0 spiro atoms. The molecule has 1 atom stereocenters. The number of nitrogens with one attached hydrogen (secondary N) is 3. The minimum atomic E-state index is -0.412. The molecule has 0 heterocycles. The Hall–Kier alpha value is -0.780. The van der Waals surface area contributed by atoms with Crippen molar-refractivity contribution in [3.63, 3.8) is 0 Å². The zero-order valence-electron chi connectivity index (χ0n) is 12.0. The van der Waals surface area contributed by atoms with E-state index in [4.69, 9.17) is 11.8 Å². The maximum absolute atomic E-state index is 12.2. The van der Waals surface area contributed by atoms with Gasteiger partial charge in [-0.25, -0.2) is 4.84 Å². The van der Waals surface area contributed by atoms with Crippen LogP contribution in [0.1, 0.15) is 27.2 Å². The number of carbonyl (C=O) groups is 1. The van der Waals surface area contributed by atoms with E-state index in [1.54, 1.807) is 0 Å². The Kier molecular flexibility index (Phi) is 7.34. The molecular weight excluding hydrogens is 342 g/mol. The summed E-state index contributed by atoms with van der Waals surface area (Å²) in [5, 5.41) is 6.13. The molecule has 112 valence electrons. The number of benzene rings is 1. The van der Waals surface area contributed by atoms with Crippen molar-refractivity contribution in [3.05, 3.63) is 22.7 Å². The molecule has 3 N–H and O–H groups in total. The third-order valence-electron chi connectivity index (χ3n) is 2.76. The molecule has 0 aliphatic rings. The molecule has 6 heteroatoms. The van der Waals surface area contributed by atoms with Gasteiger partial charge in [-0.3, -0.25) is 4.79 Å². The summed E-state index contributed by atoms with van der Waals surface area (Å²) in [6, 6.07) is 5.31. The summed E-state index contributed by atoms with van der Waals surface area (Å²) in [7, 11) is 0. The second kappa shape index (κ2) is 8.49. The lowest BCUT2D eigenvalue weighted by molar-refractivity contribution is -0.118. The van der Waals surface area contributed by atoms with Gasteiger partial charge in [-0.05, 0) is 49.2 Å². The molecule has 1 aromatic carbocycles. The van der Waals surface area contributed by atoms with Gasteiger partial charge in [-0.1, -0.05) is 29.8 Å². The Morgan fingerprint density at radius 3 is 2.60 bits per heavy atom. The topological polar surface area (TPSA) is 53.2 Å². The number of hydrogen-bond donors (Lipinski definition) is 3. The maximum atomic E-state index is 12.2. The summed E-state index contributed by atoms with van der Waals surface area (Å²) in [4.78, 5) is 14.8. The molecule has 20 heavy (non-hydrogen) atoms. The molecule has 0 fully saturated rings. The molecule has 1 aromatic rings. The molecule has 1 amide bonds. The zero-order chi connectivity index (χ0) is 15.1. The fraction of sp³-hybridized carbons (Fsp3) is 0.500. The highest BCUT2D eigenvalue weighted by Crippen LogP contribution is 2.26. The molecule has 0 aromatic heterocycles. The van der Waals surface area contributed by atoms with Gasteiger partial charge in [0.15, 0.2) is 0 Å². The summed E-state index contributed by atoms with van der Waals surface area (Å²) in [6.45, 7) is 6.90. The standard InChI is InChI=1S/C14H21BrClN3O/c1-4-17-11-6-5-10(15)8-12(11)18-14(20)13(19-16)7-9(2)3/h5-6,8-9,13,17,19H,4,7H2,1-3H3,(H,18,20)/t13-/m1/s1. The average molecular weight is 363 g/mol. The summed E-state index contributed by atoms with van der Waals surface area (Å²) in [5.41, 5.74) is 1.63. The SMILES string of the molecule is CCNc1ccc(Br)cc1NC(=O)[C@@H](CC(C)C)NCl. The van der Waals surface area contributed by atoms with Crippen molar-refractivity contribution in [2.75, 3.05) is 17.2 Å². The van der Waals surface area contributed by atoms with E-state index in [9.17, 15) is 4.79 Å². The molecule has 0 saturated carbocycles. The van der Waals surface area contributed by atoms with Crippen LogP contribution in [0.25, 0.3) is 0 Å². The highest BCUT2D eigenvalue weighted by atomic mass is 79.9. The van der Waals surface area contributed by atoms with Gasteiger partial charge in [-0.15, -0.1) is 0 Å². The monoisotopic (exact) mass is 361 g/mol. The fourth-order valence-electron chi connectivity index (χ4n) is 1.86. The Morgan fingerprint density at radius 1 is 1.35 bits per heavy atom. The molecule has 0 saturated heterocycles. The van der Waals surface area contributed by atoms with E-state index in [1.165, 1.54) is 0 Å². The van der Waals surface area contributed by atoms with Crippen molar-refractivity contribution in [1.82, 2.24) is 4.84 Å². The smallest absolute Gasteiger partial charge is 0.242 e. The highest BCUT2D eigenvalue weighted by molar-refractivity contribution is 9.10. The highest BCUT2D eigenvalue weighted by Gasteiger charge is 2.19. The molecule has 0 radical (unpaired) electrons. The molecular formula is C14H21BrClN3O. The van der Waals surface area contributed by atoms with Crippen LogP contribution in [0.5, 0.6) is 0 Å². The predicted octanol–water partition coefficient (Wildman–Crippen LogP) is 3.98. The number of carbonyl (C=O) groups excluding carboxylic acids is 1. The molecule has 1 rings (SSSR count). The fourth-order valence-corrected chi connectivity index (χ4v) is 2.41. The molecule has 4 nitrogen and oxygen atoms in total. The molecule has 0 unspecified atom stereocenters. The largest absolute Gasteiger partial charge is 0.384 e. The first-order chi connectivity index (χ1) is 9.47. The van der Waals surface area contributed by atoms with Gasteiger partial charge in [0, 0.05) is 11.0 Å². The lowest BCUT2D eigenvalue weighted by atomic mass is 10.0. The number of hydrogen-bond acceptors (Lipinski definition) is 3. The summed E-state index contributed by atoms with van der Waals surface area (Å²) in [6.07, 6.45) is 0.680. The lowest BCUT2D eigenvalue weighted by Gasteiger charge is -2.18. The van der Waals surface area contributed by atoms with Crippen LogP contribution in [0.3, 0.4) is 0 Å². The van der Waals surface area contributed by atoms with Crippen LogP contribution in [0.4, 0.5) is 11.4 Å². The molecule has 0 aliphatic carbocycles. The first-order valence-corrected chi connectivity index (χ1v) is 7.85. The van der Waals surface area contributed by atoms with Crippen molar-refractivity contribution in [3.8, 4) is 0 Å². The third-order valence-corrected chi connectivity index (χ3v) is 3.52. The number of rotatable bonds is 7. The van der Waals surface area contributed by atoms with E-state index in [0.717, 1.165) is 22.4 Å². The summed E-state index contributed by atoms with van der Waals surface area (Å²) in [5.74, 6) is 0.249. The van der Waals surface area contributed by atoms with Crippen LogP contribution in [0, 0.1) is 5.92 Å². The Labute approximate surface area is 133 Å². The third kappa shape index (κ3) is 5.31. The van der Waals surface area contributed by atoms with Crippen LogP contribution in [0.2, 0.25) is 0 Å². The minimum Gasteiger partial charge on any atom is -0.384 e. The predicted molar refractivity (Wildman–Crippen MR) is 89.2 cm³/mol. The van der Waals surface area contributed by atoms with E-state index < -0.39 is 6.04 Å². The Morgan fingerprint density at radius 2 is 2.05 bits per heavy atom. The van der Waals surface area contributed by atoms with Crippen molar-refractivity contribution in [1.29, 1.82) is 0 Å². The quantitative estimate of drug-likeness (QED) is 0.643. The van der Waals surface area contributed by atoms with Crippen molar-refractivity contribution in [2.45, 2.75) is 33.2 Å². The van der Waals surface area contributed by atoms with E-state index in [-0.39, 0.29) is 5.91 Å². The molecule has 0 bridgehead atoms. The van der Waals surface area contributed by atoms with Crippen LogP contribution < -0.4 is 15.5 Å². The second-order valence-corrected chi connectivity index (χ2v) is 6.13. The molecule has 0 aliphatic heterocycles. The summed E-state index contributed by atoms with van der Waals surface area (Å²) < 4.78 is 0.911. The van der Waals surface area contributed by atoms with Crippen LogP contribution in [-0.2, 0) is 4.79 Å². The van der Waals surface area contributed by atoms with Crippen molar-refractivity contribution >= 4 is 45.0 Å². The average Bonchev–Trinajstić information content (AvgIpc) is 2.39. The number of amides is 1. The van der Waals surface area contributed by atoms with Gasteiger partial charge in [0.2, 0.25) is 5.91 Å². The van der Waals surface area contributed by atoms with E-state index >= 15 is 0 Å².